The number of hydrogen-bond acceptors (Lipinski definition) is 19. The van der Waals surface area contributed by atoms with Crippen LogP contribution < -0.4 is 0 Å². The summed E-state index contributed by atoms with van der Waals surface area (Å²) in [4.78, 5) is 34.7. The van der Waals surface area contributed by atoms with Gasteiger partial charge < -0.3 is 77.3 Å². The van der Waals surface area contributed by atoms with Crippen molar-refractivity contribution in [3.05, 3.63) is 0 Å². The minimum Gasteiger partial charge on any atom is -0.463 e. The van der Waals surface area contributed by atoms with Gasteiger partial charge in [-0.3, -0.25) is 14.4 Å². The molecule has 19 heteroatoms. The Hall–Kier alpha value is -2.11. The fraction of sp³-hybridized carbons (Fsp3) is 0.909. The molecule has 4 rings (SSSR count). The first-order valence-corrected chi connectivity index (χ1v) is 17.3. The van der Waals surface area contributed by atoms with Crippen molar-refractivity contribution in [2.75, 3.05) is 27.4 Å². The van der Waals surface area contributed by atoms with Crippen LogP contribution in [-0.4, -0.2) is 159 Å². The van der Waals surface area contributed by atoms with Crippen molar-refractivity contribution in [2.24, 2.45) is 29.6 Å². The maximum absolute atomic E-state index is 11.9. The Bertz CT molecular complexity index is 1140. The SMILES string of the molecule is COC1C(C)[C@@H](O[C@H]2C(CO)O[C@@H](OC)C(O)[C@H]2O)O[C@@H](OC=O)[C@H]1O[C@H]1O[C@H](COC(C)=O)[C@@H](O[C@@H]2OC(OC=O)[C@H](C)[C@H](C)C2C)C(C)C1O. The van der Waals surface area contributed by atoms with Crippen molar-refractivity contribution in [3.63, 3.8) is 0 Å². The Balaban J connectivity index is 1.54. The molecule has 20 atom stereocenters. The van der Waals surface area contributed by atoms with E-state index < -0.39 is 117 Å². The number of carbonyl (C=O) groups excluding carboxylic acids is 3. The number of hydrogen-bond donors (Lipinski definition) is 4. The topological polar surface area (TPSA) is 243 Å². The lowest BCUT2D eigenvalue weighted by molar-refractivity contribution is -0.397. The van der Waals surface area contributed by atoms with Crippen LogP contribution in [0.15, 0.2) is 0 Å². The van der Waals surface area contributed by atoms with Gasteiger partial charge in [-0.25, -0.2) is 0 Å². The normalized spacial score (nSPS) is 46.9. The van der Waals surface area contributed by atoms with Crippen LogP contribution in [0.4, 0.5) is 0 Å². The number of esters is 1. The Morgan fingerprint density at radius 1 is 0.577 bits per heavy atom. The van der Waals surface area contributed by atoms with E-state index >= 15 is 0 Å². The summed E-state index contributed by atoms with van der Waals surface area (Å²) in [6.45, 7) is 9.90. The van der Waals surface area contributed by atoms with Gasteiger partial charge in [0.2, 0.25) is 12.6 Å². The highest BCUT2D eigenvalue weighted by molar-refractivity contribution is 5.65. The van der Waals surface area contributed by atoms with Crippen LogP contribution in [0.3, 0.4) is 0 Å². The summed E-state index contributed by atoms with van der Waals surface area (Å²) in [5.74, 6) is -2.35. The highest BCUT2D eigenvalue weighted by atomic mass is 16.8. The first-order chi connectivity index (χ1) is 24.7. The second-order valence-corrected chi connectivity index (χ2v) is 13.8. The first-order valence-electron chi connectivity index (χ1n) is 17.3. The molecule has 4 fully saturated rings. The molecule has 4 heterocycles. The summed E-state index contributed by atoms with van der Waals surface area (Å²) < 4.78 is 68.9. The van der Waals surface area contributed by atoms with E-state index in [1.807, 2.05) is 20.8 Å². The third kappa shape index (κ3) is 9.22. The lowest BCUT2D eigenvalue weighted by Crippen LogP contribution is -2.64. The Kier molecular flexibility index (Phi) is 15.5. The lowest BCUT2D eigenvalue weighted by atomic mass is 9.81. The van der Waals surface area contributed by atoms with Gasteiger partial charge in [-0.1, -0.05) is 34.6 Å². The van der Waals surface area contributed by atoms with E-state index in [9.17, 15) is 34.8 Å². The molecular formula is C33H54O19. The molecule has 0 bridgehead atoms. The predicted octanol–water partition coefficient (Wildman–Crippen LogP) is -1.22. The fourth-order valence-corrected chi connectivity index (χ4v) is 7.12. The van der Waals surface area contributed by atoms with Gasteiger partial charge in [-0.15, -0.1) is 0 Å². The molecule has 0 saturated carbocycles. The summed E-state index contributed by atoms with van der Waals surface area (Å²) >= 11 is 0. The number of aliphatic hydroxyl groups is 4. The van der Waals surface area contributed by atoms with E-state index in [-0.39, 0.29) is 30.8 Å². The lowest BCUT2D eigenvalue weighted by Gasteiger charge is -2.50. The van der Waals surface area contributed by atoms with Gasteiger partial charge in [0.25, 0.3) is 12.9 Å². The summed E-state index contributed by atoms with van der Waals surface area (Å²) in [5, 5.41) is 42.8. The number of methoxy groups -OCH3 is 2. The van der Waals surface area contributed by atoms with Crippen LogP contribution in [0, 0.1) is 29.6 Å². The molecule has 300 valence electrons. The molecule has 4 aliphatic rings. The molecule has 4 saturated heterocycles. The summed E-state index contributed by atoms with van der Waals surface area (Å²) in [5.41, 5.74) is 0. The van der Waals surface area contributed by atoms with Crippen LogP contribution in [0.25, 0.3) is 0 Å². The number of aliphatic hydroxyl groups excluding tert-OH is 4. The first kappa shape index (κ1) is 42.6. The number of ether oxygens (including phenoxy) is 12. The summed E-state index contributed by atoms with van der Waals surface area (Å²) in [6.07, 6.45) is -18.2. The van der Waals surface area contributed by atoms with Crippen molar-refractivity contribution in [3.8, 4) is 0 Å². The minimum atomic E-state index is -1.57. The zero-order valence-corrected chi connectivity index (χ0v) is 30.5. The average Bonchev–Trinajstić information content (AvgIpc) is 3.12. The highest BCUT2D eigenvalue weighted by Crippen LogP contribution is 2.41. The standard InChI is InChI=1S/C33H54O19/c1-13-14(2)28(44-11-35)51-29(15(13)3)48-24-16(4)21(38)32(47-20(24)10-43-18(6)37)50-27-25(41-7)17(5)30(52-33(27)45-12-36)49-26-19(9-34)46-31(42-8)23(40)22(26)39/h11-17,19-34,38-40H,9-10H2,1-8H3/t13-,14+,15?,16?,17?,19?,20+,21?,22+,23?,24-,25?,26-,27-,28?,29+,30-,31+,32+,33+/m0/s1. The van der Waals surface area contributed by atoms with Crippen LogP contribution in [0.2, 0.25) is 0 Å². The van der Waals surface area contributed by atoms with E-state index in [0.29, 0.717) is 6.47 Å². The minimum absolute atomic E-state index is 0.00837. The van der Waals surface area contributed by atoms with Crippen LogP contribution in [-0.2, 0) is 71.2 Å². The molecule has 19 nitrogen and oxygen atoms in total. The van der Waals surface area contributed by atoms with Gasteiger partial charge in [-0.05, 0) is 5.92 Å². The second kappa shape index (κ2) is 19.0. The van der Waals surface area contributed by atoms with E-state index in [2.05, 4.69) is 0 Å². The third-order valence-corrected chi connectivity index (χ3v) is 10.6. The molecule has 0 aromatic carbocycles. The molecule has 8 unspecified atom stereocenters. The van der Waals surface area contributed by atoms with E-state index in [1.165, 1.54) is 21.1 Å². The monoisotopic (exact) mass is 754 g/mol. The largest absolute Gasteiger partial charge is 0.463 e. The van der Waals surface area contributed by atoms with Crippen LogP contribution in [0.1, 0.15) is 41.5 Å². The average molecular weight is 755 g/mol. The molecule has 4 aliphatic heterocycles. The Morgan fingerprint density at radius 2 is 1.13 bits per heavy atom. The van der Waals surface area contributed by atoms with E-state index in [1.54, 1.807) is 13.8 Å². The maximum atomic E-state index is 11.9. The Labute approximate surface area is 301 Å². The molecule has 0 amide bonds. The smallest absolute Gasteiger partial charge is 0.302 e. The van der Waals surface area contributed by atoms with Crippen LogP contribution in [0.5, 0.6) is 0 Å². The van der Waals surface area contributed by atoms with Gasteiger partial charge in [0.05, 0.1) is 18.8 Å². The molecule has 52 heavy (non-hydrogen) atoms. The van der Waals surface area contributed by atoms with E-state index in [4.69, 9.17) is 56.8 Å². The zero-order valence-electron chi connectivity index (χ0n) is 30.5. The van der Waals surface area contributed by atoms with Crippen LogP contribution >= 0.6 is 0 Å². The molecule has 0 aliphatic carbocycles. The highest BCUT2D eigenvalue weighted by Gasteiger charge is 2.55. The summed E-state index contributed by atoms with van der Waals surface area (Å²) in [6, 6.07) is 0. The van der Waals surface area contributed by atoms with Crippen molar-refractivity contribution < 1.29 is 91.7 Å². The molecule has 0 aromatic heterocycles. The zero-order chi connectivity index (χ0) is 38.4. The Morgan fingerprint density at radius 3 is 1.73 bits per heavy atom. The fourth-order valence-electron chi connectivity index (χ4n) is 7.12. The van der Waals surface area contributed by atoms with Crippen molar-refractivity contribution in [2.45, 2.75) is 134 Å². The molecule has 0 radical (unpaired) electrons. The number of rotatable bonds is 15. The van der Waals surface area contributed by atoms with Gasteiger partial charge in [0.1, 0.15) is 49.3 Å². The van der Waals surface area contributed by atoms with Crippen molar-refractivity contribution >= 4 is 18.9 Å². The van der Waals surface area contributed by atoms with Crippen molar-refractivity contribution in [1.29, 1.82) is 0 Å². The molecular weight excluding hydrogens is 700 g/mol. The molecule has 4 N–H and O–H groups in total. The number of carbonyl (C=O) groups is 3. The predicted molar refractivity (Wildman–Crippen MR) is 169 cm³/mol. The summed E-state index contributed by atoms with van der Waals surface area (Å²) in [7, 11) is 2.63. The van der Waals surface area contributed by atoms with Gasteiger partial charge in [-0.2, -0.15) is 0 Å². The molecule has 0 aromatic rings. The van der Waals surface area contributed by atoms with E-state index in [0.717, 1.165) is 0 Å². The van der Waals surface area contributed by atoms with Gasteiger partial charge in [0.15, 0.2) is 25.2 Å². The quantitative estimate of drug-likeness (QED) is 0.0870. The van der Waals surface area contributed by atoms with Gasteiger partial charge in [0, 0.05) is 44.8 Å². The third-order valence-electron chi connectivity index (χ3n) is 10.6. The maximum Gasteiger partial charge on any atom is 0.302 e. The second-order valence-electron chi connectivity index (χ2n) is 13.8. The van der Waals surface area contributed by atoms with Gasteiger partial charge >= 0.3 is 5.97 Å². The molecule has 0 spiro atoms. The van der Waals surface area contributed by atoms with Crippen molar-refractivity contribution in [1.82, 2.24) is 0 Å².